The highest BCUT2D eigenvalue weighted by molar-refractivity contribution is 7.89. The summed E-state index contributed by atoms with van der Waals surface area (Å²) >= 11 is 0. The van der Waals surface area contributed by atoms with Crippen molar-refractivity contribution in [3.05, 3.63) is 75.2 Å². The first-order valence-corrected chi connectivity index (χ1v) is 14.0. The fraction of sp³-hybridized carbons (Fsp3) is 0.379. The number of rotatable bonds is 6. The monoisotopic (exact) mass is 521 g/mol. The Hall–Kier alpha value is -3.23. The van der Waals surface area contributed by atoms with Crippen molar-refractivity contribution in [2.75, 3.05) is 18.4 Å². The van der Waals surface area contributed by atoms with Gasteiger partial charge in [0.15, 0.2) is 10.7 Å². The molecule has 1 aromatic heterocycles. The van der Waals surface area contributed by atoms with E-state index in [1.807, 2.05) is 71.0 Å². The van der Waals surface area contributed by atoms with E-state index < -0.39 is 15.9 Å². The number of hydrogen-bond acceptors (Lipinski definition) is 5. The minimum absolute atomic E-state index is 0.0559. The van der Waals surface area contributed by atoms with Gasteiger partial charge in [-0.2, -0.15) is 4.31 Å². The normalized spacial score (nSPS) is 16.9. The largest absolute Gasteiger partial charge is 0.355 e. The summed E-state index contributed by atoms with van der Waals surface area (Å²) in [5.74, 6) is -0.416. The molecule has 0 radical (unpaired) electrons. The van der Waals surface area contributed by atoms with Crippen LogP contribution in [0.2, 0.25) is 0 Å². The Balaban J connectivity index is 1.56. The molecule has 1 N–H and O–H groups in total. The molecule has 7 nitrogen and oxygen atoms in total. The van der Waals surface area contributed by atoms with E-state index in [1.54, 1.807) is 13.0 Å². The summed E-state index contributed by atoms with van der Waals surface area (Å²) in [4.78, 5) is 13.2. The molecule has 37 heavy (non-hydrogen) atoms. The molecule has 1 aliphatic heterocycles. The lowest BCUT2D eigenvalue weighted by molar-refractivity contribution is -0.120. The second kappa shape index (κ2) is 10.6. The number of benzene rings is 2. The Labute approximate surface area is 219 Å². The molecular weight excluding hydrogens is 486 g/mol. The van der Waals surface area contributed by atoms with Crippen LogP contribution in [0.4, 0.5) is 5.69 Å². The first kappa shape index (κ1) is 26.8. The Morgan fingerprint density at radius 3 is 2.41 bits per heavy atom. The number of piperidine rings is 1. The molecule has 1 aliphatic rings. The lowest BCUT2D eigenvalue weighted by Gasteiger charge is -2.31. The number of aromatic nitrogens is 1. The molecule has 0 bridgehead atoms. The van der Waals surface area contributed by atoms with Crippen LogP contribution in [0.15, 0.2) is 39.8 Å². The number of nitrogens with one attached hydrogen (secondary N) is 1. The maximum atomic E-state index is 13.8. The SMILES string of the molecule is Cc1cc(C)c(NC(=O)[C@H]2CCCN(S(=O)(=O)c3c(C)noc3/C=C/c3cc(C)ccc3C)C2)c(C)c1. The maximum absolute atomic E-state index is 13.8. The predicted octanol–water partition coefficient (Wildman–Crippen LogP) is 5.73. The van der Waals surface area contributed by atoms with Crippen LogP contribution in [0, 0.1) is 47.5 Å². The van der Waals surface area contributed by atoms with Gasteiger partial charge in [0.25, 0.3) is 0 Å². The molecule has 3 aromatic rings. The number of aryl methyl sites for hydroxylation is 6. The van der Waals surface area contributed by atoms with Gasteiger partial charge in [0, 0.05) is 18.8 Å². The Morgan fingerprint density at radius 2 is 1.70 bits per heavy atom. The molecule has 196 valence electrons. The zero-order chi connectivity index (χ0) is 26.9. The predicted molar refractivity (Wildman–Crippen MR) is 147 cm³/mol. The van der Waals surface area contributed by atoms with Crippen LogP contribution in [0.5, 0.6) is 0 Å². The zero-order valence-electron chi connectivity index (χ0n) is 22.4. The summed E-state index contributed by atoms with van der Waals surface area (Å²) in [7, 11) is -3.92. The maximum Gasteiger partial charge on any atom is 0.248 e. The summed E-state index contributed by atoms with van der Waals surface area (Å²) in [6.45, 7) is 12.1. The summed E-state index contributed by atoms with van der Waals surface area (Å²) in [6.07, 6.45) is 4.73. The number of nitrogens with zero attached hydrogens (tertiary/aromatic N) is 2. The van der Waals surface area contributed by atoms with E-state index in [4.69, 9.17) is 4.52 Å². The fourth-order valence-corrected chi connectivity index (χ4v) is 6.78. The highest BCUT2D eigenvalue weighted by Crippen LogP contribution is 2.31. The number of sulfonamides is 1. The summed E-state index contributed by atoms with van der Waals surface area (Å²) < 4.78 is 34.3. The third-order valence-electron chi connectivity index (χ3n) is 6.96. The van der Waals surface area contributed by atoms with E-state index in [9.17, 15) is 13.2 Å². The third kappa shape index (κ3) is 5.70. The first-order valence-electron chi connectivity index (χ1n) is 12.6. The highest BCUT2D eigenvalue weighted by Gasteiger charge is 2.37. The number of hydrogen-bond donors (Lipinski definition) is 1. The van der Waals surface area contributed by atoms with Crippen molar-refractivity contribution in [3.63, 3.8) is 0 Å². The Morgan fingerprint density at radius 1 is 1.00 bits per heavy atom. The van der Waals surface area contributed by atoms with E-state index in [0.717, 1.165) is 39.1 Å². The lowest BCUT2D eigenvalue weighted by atomic mass is 9.98. The van der Waals surface area contributed by atoms with Gasteiger partial charge in [-0.15, -0.1) is 0 Å². The van der Waals surface area contributed by atoms with Crippen LogP contribution >= 0.6 is 0 Å². The van der Waals surface area contributed by atoms with E-state index >= 15 is 0 Å². The van der Waals surface area contributed by atoms with Gasteiger partial charge in [0.1, 0.15) is 5.69 Å². The average Bonchev–Trinajstić information content (AvgIpc) is 3.22. The lowest BCUT2D eigenvalue weighted by Crippen LogP contribution is -2.44. The Kier molecular flexibility index (Phi) is 7.71. The standard InChI is InChI=1S/C29H35N3O4S/c1-18-9-10-20(3)24(16-18)11-12-26-28(23(6)31-36-26)37(34,35)32-13-7-8-25(17-32)29(33)30-27-21(4)14-19(2)15-22(27)5/h9-12,14-16,25H,7-8,13,17H2,1-6H3,(H,30,33)/b12-11+/t25-/m0/s1. The summed E-state index contributed by atoms with van der Waals surface area (Å²) in [5, 5.41) is 7.01. The molecule has 1 amide bonds. The van der Waals surface area contributed by atoms with Crippen molar-refractivity contribution < 1.29 is 17.7 Å². The van der Waals surface area contributed by atoms with Crippen molar-refractivity contribution in [1.82, 2.24) is 9.46 Å². The number of carbonyl (C=O) groups excluding carboxylic acids is 1. The van der Waals surface area contributed by atoms with Gasteiger partial charge in [-0.3, -0.25) is 4.79 Å². The molecule has 4 rings (SSSR count). The van der Waals surface area contributed by atoms with Crippen LogP contribution in [-0.2, 0) is 14.8 Å². The first-order chi connectivity index (χ1) is 17.5. The van der Waals surface area contributed by atoms with Gasteiger partial charge in [-0.1, -0.05) is 52.7 Å². The molecule has 0 saturated carbocycles. The molecule has 1 fully saturated rings. The molecule has 1 atom stereocenters. The topological polar surface area (TPSA) is 92.5 Å². The minimum atomic E-state index is -3.92. The Bertz CT molecular complexity index is 1450. The second-order valence-electron chi connectivity index (χ2n) is 10.1. The molecule has 0 unspecified atom stereocenters. The van der Waals surface area contributed by atoms with Gasteiger partial charge >= 0.3 is 0 Å². The van der Waals surface area contributed by atoms with Gasteiger partial charge < -0.3 is 9.84 Å². The van der Waals surface area contributed by atoms with Crippen LogP contribution in [0.3, 0.4) is 0 Å². The van der Waals surface area contributed by atoms with E-state index in [-0.39, 0.29) is 23.1 Å². The number of anilines is 1. The fourth-order valence-electron chi connectivity index (χ4n) is 5.01. The molecule has 2 aromatic carbocycles. The number of carbonyl (C=O) groups is 1. The van der Waals surface area contributed by atoms with E-state index in [2.05, 4.69) is 10.5 Å². The molecule has 8 heteroatoms. The minimum Gasteiger partial charge on any atom is -0.355 e. The van der Waals surface area contributed by atoms with Crippen LogP contribution in [0.25, 0.3) is 12.2 Å². The van der Waals surface area contributed by atoms with Crippen molar-refractivity contribution in [2.24, 2.45) is 5.92 Å². The molecule has 1 saturated heterocycles. The smallest absolute Gasteiger partial charge is 0.248 e. The van der Waals surface area contributed by atoms with Crippen LogP contribution in [-0.4, -0.2) is 36.9 Å². The molecule has 0 aliphatic carbocycles. The number of amides is 1. The summed E-state index contributed by atoms with van der Waals surface area (Å²) in [5.41, 5.74) is 7.38. The van der Waals surface area contributed by atoms with Crippen LogP contribution in [0.1, 0.15) is 57.7 Å². The van der Waals surface area contributed by atoms with Gasteiger partial charge in [0.05, 0.1) is 5.92 Å². The average molecular weight is 522 g/mol. The van der Waals surface area contributed by atoms with Crippen molar-refractivity contribution in [3.8, 4) is 0 Å². The zero-order valence-corrected chi connectivity index (χ0v) is 23.2. The van der Waals surface area contributed by atoms with E-state index in [0.29, 0.717) is 25.1 Å². The quantitative estimate of drug-likeness (QED) is 0.447. The van der Waals surface area contributed by atoms with Gasteiger partial charge in [0.2, 0.25) is 15.9 Å². The molecular formula is C29H35N3O4S. The third-order valence-corrected chi connectivity index (χ3v) is 8.98. The van der Waals surface area contributed by atoms with Crippen molar-refractivity contribution >= 4 is 33.8 Å². The molecule has 0 spiro atoms. The van der Waals surface area contributed by atoms with Gasteiger partial charge in [-0.25, -0.2) is 8.42 Å². The van der Waals surface area contributed by atoms with Crippen molar-refractivity contribution in [2.45, 2.75) is 59.3 Å². The van der Waals surface area contributed by atoms with Gasteiger partial charge in [-0.05, 0) is 82.7 Å². The highest BCUT2D eigenvalue weighted by atomic mass is 32.2. The molecule has 2 heterocycles. The van der Waals surface area contributed by atoms with Crippen LogP contribution < -0.4 is 5.32 Å². The summed E-state index contributed by atoms with van der Waals surface area (Å²) in [6, 6.07) is 10.2. The van der Waals surface area contributed by atoms with E-state index in [1.165, 1.54) is 4.31 Å². The van der Waals surface area contributed by atoms with Crippen molar-refractivity contribution in [1.29, 1.82) is 0 Å². The second-order valence-corrected chi connectivity index (χ2v) is 12.0.